The zero-order valence-corrected chi connectivity index (χ0v) is 10.9. The number of rotatable bonds is 5. The van der Waals surface area contributed by atoms with Crippen molar-refractivity contribution in [1.82, 2.24) is 10.2 Å². The van der Waals surface area contributed by atoms with E-state index >= 15 is 0 Å². The number of aliphatic hydroxyl groups is 1. The lowest BCUT2D eigenvalue weighted by molar-refractivity contribution is 0.152. The first kappa shape index (κ1) is 14.4. The minimum atomic E-state index is -0.904. The molecule has 0 bridgehead atoms. The monoisotopic (exact) mass is 270 g/mol. The van der Waals surface area contributed by atoms with Gasteiger partial charge in [0.2, 0.25) is 0 Å². The molecular weight excluding hydrogens is 250 g/mol. The third-order valence-electron chi connectivity index (χ3n) is 3.49. The summed E-state index contributed by atoms with van der Waals surface area (Å²) in [6.45, 7) is 5.00. The molecule has 19 heavy (non-hydrogen) atoms. The van der Waals surface area contributed by atoms with Crippen LogP contribution in [0.4, 0.5) is 8.78 Å². The SMILES string of the molecule is OC(CCCN1CCNCC1)c1ccc(F)c(F)c1. The van der Waals surface area contributed by atoms with Crippen molar-refractivity contribution in [1.29, 1.82) is 0 Å². The number of halogens is 2. The minimum absolute atomic E-state index is 0.444. The highest BCUT2D eigenvalue weighted by Gasteiger charge is 2.13. The molecule has 0 aromatic heterocycles. The van der Waals surface area contributed by atoms with Crippen LogP contribution in [0.25, 0.3) is 0 Å². The molecule has 1 unspecified atom stereocenters. The largest absolute Gasteiger partial charge is 0.388 e. The molecule has 5 heteroatoms. The molecule has 0 amide bonds. The summed E-state index contributed by atoms with van der Waals surface area (Å²) >= 11 is 0. The molecule has 1 aromatic rings. The van der Waals surface area contributed by atoms with Crippen molar-refractivity contribution in [2.24, 2.45) is 0 Å². The number of nitrogens with one attached hydrogen (secondary N) is 1. The Bertz CT molecular complexity index is 408. The van der Waals surface area contributed by atoms with E-state index in [1.807, 2.05) is 0 Å². The number of benzene rings is 1. The zero-order valence-electron chi connectivity index (χ0n) is 10.9. The van der Waals surface area contributed by atoms with Gasteiger partial charge in [-0.15, -0.1) is 0 Å². The van der Waals surface area contributed by atoms with Crippen LogP contribution in [0.3, 0.4) is 0 Å². The number of nitrogens with zero attached hydrogens (tertiary/aromatic N) is 1. The predicted molar refractivity (Wildman–Crippen MR) is 69.9 cm³/mol. The van der Waals surface area contributed by atoms with Gasteiger partial charge in [-0.25, -0.2) is 8.78 Å². The van der Waals surface area contributed by atoms with Gasteiger partial charge >= 0.3 is 0 Å². The van der Waals surface area contributed by atoms with Gasteiger partial charge in [-0.1, -0.05) is 6.07 Å². The molecule has 0 saturated carbocycles. The van der Waals surface area contributed by atoms with Gasteiger partial charge in [0.1, 0.15) is 0 Å². The Morgan fingerprint density at radius 1 is 1.21 bits per heavy atom. The standard InChI is InChI=1S/C14H20F2N2O/c15-12-4-3-11(10-13(12)16)14(19)2-1-7-18-8-5-17-6-9-18/h3-4,10,14,17,19H,1-2,5-9H2. The lowest BCUT2D eigenvalue weighted by Gasteiger charge is -2.27. The molecule has 2 N–H and O–H groups in total. The Morgan fingerprint density at radius 3 is 2.63 bits per heavy atom. The molecule has 0 spiro atoms. The molecule has 1 atom stereocenters. The maximum Gasteiger partial charge on any atom is 0.159 e. The van der Waals surface area contributed by atoms with E-state index in [1.165, 1.54) is 6.07 Å². The van der Waals surface area contributed by atoms with Crippen molar-refractivity contribution in [3.05, 3.63) is 35.4 Å². The van der Waals surface area contributed by atoms with Crippen LogP contribution in [0.1, 0.15) is 24.5 Å². The van der Waals surface area contributed by atoms with Crippen molar-refractivity contribution in [2.45, 2.75) is 18.9 Å². The highest BCUT2D eigenvalue weighted by molar-refractivity contribution is 5.19. The molecule has 0 aliphatic carbocycles. The first-order valence-corrected chi connectivity index (χ1v) is 6.73. The highest BCUT2D eigenvalue weighted by Crippen LogP contribution is 2.20. The van der Waals surface area contributed by atoms with E-state index in [2.05, 4.69) is 10.2 Å². The van der Waals surface area contributed by atoms with Crippen molar-refractivity contribution in [3.63, 3.8) is 0 Å². The van der Waals surface area contributed by atoms with Crippen LogP contribution in [-0.2, 0) is 0 Å². The van der Waals surface area contributed by atoms with E-state index in [4.69, 9.17) is 0 Å². The second kappa shape index (κ2) is 6.93. The summed E-state index contributed by atoms with van der Waals surface area (Å²) in [5.41, 5.74) is 0.444. The smallest absolute Gasteiger partial charge is 0.159 e. The second-order valence-electron chi connectivity index (χ2n) is 4.92. The summed E-state index contributed by atoms with van der Waals surface area (Å²) in [7, 11) is 0. The Hall–Kier alpha value is -1.04. The molecule has 3 nitrogen and oxygen atoms in total. The van der Waals surface area contributed by atoms with Crippen molar-refractivity contribution >= 4 is 0 Å². The lowest BCUT2D eigenvalue weighted by atomic mass is 10.0. The molecule has 2 rings (SSSR count). The predicted octanol–water partition coefficient (Wildman–Crippen LogP) is 1.68. The summed E-state index contributed by atoms with van der Waals surface area (Å²) < 4.78 is 25.8. The molecule has 1 heterocycles. The Kier molecular flexibility index (Phi) is 5.24. The topological polar surface area (TPSA) is 35.5 Å². The number of aliphatic hydroxyl groups excluding tert-OH is 1. The van der Waals surface area contributed by atoms with E-state index < -0.39 is 17.7 Å². The lowest BCUT2D eigenvalue weighted by Crippen LogP contribution is -2.43. The summed E-state index contributed by atoms with van der Waals surface area (Å²) in [6, 6.07) is 3.57. The van der Waals surface area contributed by atoms with Crippen molar-refractivity contribution in [2.75, 3.05) is 32.7 Å². The maximum absolute atomic E-state index is 13.1. The van der Waals surface area contributed by atoms with Crippen LogP contribution >= 0.6 is 0 Å². The van der Waals surface area contributed by atoms with Gasteiger partial charge in [0.05, 0.1) is 6.10 Å². The van der Waals surface area contributed by atoms with Gasteiger partial charge in [0, 0.05) is 26.2 Å². The number of hydrogen-bond donors (Lipinski definition) is 2. The highest BCUT2D eigenvalue weighted by atomic mass is 19.2. The quantitative estimate of drug-likeness (QED) is 0.854. The van der Waals surface area contributed by atoms with E-state index in [-0.39, 0.29) is 0 Å². The fourth-order valence-electron chi connectivity index (χ4n) is 2.33. The molecular formula is C14H20F2N2O. The Balaban J connectivity index is 1.76. The molecule has 1 aromatic carbocycles. The van der Waals surface area contributed by atoms with Gasteiger partial charge < -0.3 is 15.3 Å². The van der Waals surface area contributed by atoms with Crippen LogP contribution in [0.5, 0.6) is 0 Å². The van der Waals surface area contributed by atoms with Gasteiger partial charge in [-0.3, -0.25) is 0 Å². The molecule has 1 saturated heterocycles. The van der Waals surface area contributed by atoms with Crippen molar-refractivity contribution < 1.29 is 13.9 Å². The minimum Gasteiger partial charge on any atom is -0.388 e. The summed E-state index contributed by atoms with van der Waals surface area (Å²) in [5.74, 6) is -1.78. The summed E-state index contributed by atoms with van der Waals surface area (Å²) in [5, 5.41) is 13.2. The average molecular weight is 270 g/mol. The van der Waals surface area contributed by atoms with Gasteiger partial charge in [-0.05, 0) is 37.1 Å². The third-order valence-corrected chi connectivity index (χ3v) is 3.49. The molecule has 0 radical (unpaired) electrons. The van der Waals surface area contributed by atoms with Crippen LogP contribution in [0.15, 0.2) is 18.2 Å². The van der Waals surface area contributed by atoms with Crippen molar-refractivity contribution in [3.8, 4) is 0 Å². The van der Waals surface area contributed by atoms with Gasteiger partial charge in [-0.2, -0.15) is 0 Å². The van der Waals surface area contributed by atoms with Gasteiger partial charge in [0.15, 0.2) is 11.6 Å². The third kappa shape index (κ3) is 4.23. The van der Waals surface area contributed by atoms with Gasteiger partial charge in [0.25, 0.3) is 0 Å². The fourth-order valence-corrected chi connectivity index (χ4v) is 2.33. The average Bonchev–Trinajstić information content (AvgIpc) is 2.43. The van der Waals surface area contributed by atoms with E-state index in [0.717, 1.165) is 51.3 Å². The number of hydrogen-bond acceptors (Lipinski definition) is 3. The van der Waals surface area contributed by atoms with E-state index in [9.17, 15) is 13.9 Å². The molecule has 1 aliphatic heterocycles. The van der Waals surface area contributed by atoms with Crippen LogP contribution < -0.4 is 5.32 Å². The Morgan fingerprint density at radius 2 is 1.95 bits per heavy atom. The second-order valence-corrected chi connectivity index (χ2v) is 4.92. The normalized spacial score (nSPS) is 18.5. The summed E-state index contributed by atoms with van der Waals surface area (Å²) in [4.78, 5) is 2.34. The fraction of sp³-hybridized carbons (Fsp3) is 0.571. The van der Waals surface area contributed by atoms with E-state index in [0.29, 0.717) is 12.0 Å². The maximum atomic E-state index is 13.1. The number of piperazine rings is 1. The summed E-state index contributed by atoms with van der Waals surface area (Å²) in [6.07, 6.45) is 0.688. The first-order chi connectivity index (χ1) is 9.16. The van der Waals surface area contributed by atoms with Crippen LogP contribution in [0, 0.1) is 11.6 Å². The van der Waals surface area contributed by atoms with E-state index in [1.54, 1.807) is 0 Å². The first-order valence-electron chi connectivity index (χ1n) is 6.73. The Labute approximate surface area is 112 Å². The molecule has 1 aliphatic rings. The van der Waals surface area contributed by atoms with Crippen LogP contribution in [-0.4, -0.2) is 42.7 Å². The van der Waals surface area contributed by atoms with Crippen LogP contribution in [0.2, 0.25) is 0 Å². The molecule has 1 fully saturated rings. The zero-order chi connectivity index (χ0) is 13.7. The molecule has 106 valence electrons.